The molecular weight excluding hydrogens is 236 g/mol. The fourth-order valence-electron chi connectivity index (χ4n) is 2.04. The van der Waals surface area contributed by atoms with Crippen molar-refractivity contribution in [2.75, 3.05) is 13.2 Å². The molecule has 1 aromatic heterocycles. The molecule has 0 aliphatic rings. The molecule has 0 saturated carbocycles. The van der Waals surface area contributed by atoms with E-state index in [-0.39, 0.29) is 0 Å². The van der Waals surface area contributed by atoms with Gasteiger partial charge in [0.2, 0.25) is 0 Å². The lowest BCUT2D eigenvalue weighted by Gasteiger charge is -2.15. The van der Waals surface area contributed by atoms with Gasteiger partial charge in [-0.3, -0.25) is 4.98 Å². The molecule has 0 aliphatic carbocycles. The third-order valence-corrected chi connectivity index (χ3v) is 3.13. The molecule has 108 valence electrons. The van der Waals surface area contributed by atoms with Crippen LogP contribution in [0, 0.1) is 12.8 Å². The Morgan fingerprint density at radius 1 is 1.32 bits per heavy atom. The van der Waals surface area contributed by atoms with E-state index in [9.17, 15) is 0 Å². The Balaban J connectivity index is 2.60. The van der Waals surface area contributed by atoms with Gasteiger partial charge in [0.1, 0.15) is 5.75 Å². The molecule has 0 spiro atoms. The first-order valence-corrected chi connectivity index (χ1v) is 7.46. The summed E-state index contributed by atoms with van der Waals surface area (Å²) in [4.78, 5) is 4.36. The van der Waals surface area contributed by atoms with E-state index in [1.54, 1.807) is 0 Å². The number of hydrogen-bond acceptors (Lipinski definition) is 3. The van der Waals surface area contributed by atoms with Crippen LogP contribution in [0.25, 0.3) is 0 Å². The number of nitrogens with one attached hydrogen (secondary N) is 1. The number of rotatable bonds is 9. The van der Waals surface area contributed by atoms with E-state index >= 15 is 0 Å². The smallest absolute Gasteiger partial charge is 0.127 e. The van der Waals surface area contributed by atoms with Gasteiger partial charge < -0.3 is 10.1 Å². The maximum Gasteiger partial charge on any atom is 0.127 e. The Kier molecular flexibility index (Phi) is 7.49. The molecule has 3 nitrogen and oxygen atoms in total. The molecule has 1 heterocycles. The Bertz CT molecular complexity index is 366. The molecule has 1 aromatic rings. The van der Waals surface area contributed by atoms with Crippen molar-refractivity contribution in [3.63, 3.8) is 0 Å². The maximum absolute atomic E-state index is 5.98. The van der Waals surface area contributed by atoms with Gasteiger partial charge in [-0.2, -0.15) is 0 Å². The molecule has 3 heteroatoms. The van der Waals surface area contributed by atoms with Crippen molar-refractivity contribution in [3.05, 3.63) is 23.5 Å². The van der Waals surface area contributed by atoms with Gasteiger partial charge >= 0.3 is 0 Å². The van der Waals surface area contributed by atoms with E-state index in [0.717, 1.165) is 43.1 Å². The number of aromatic nitrogens is 1. The third kappa shape index (κ3) is 6.06. The minimum absolute atomic E-state index is 0.606. The highest BCUT2D eigenvalue weighted by Crippen LogP contribution is 2.20. The minimum Gasteiger partial charge on any atom is -0.493 e. The van der Waals surface area contributed by atoms with Crippen LogP contribution in [0.2, 0.25) is 0 Å². The third-order valence-electron chi connectivity index (χ3n) is 3.13. The first-order valence-electron chi connectivity index (χ1n) is 7.46. The van der Waals surface area contributed by atoms with Crippen molar-refractivity contribution in [2.24, 2.45) is 5.92 Å². The summed E-state index contributed by atoms with van der Waals surface area (Å²) in [5.74, 6) is 1.59. The Hall–Kier alpha value is -1.09. The van der Waals surface area contributed by atoms with Gasteiger partial charge in [-0.15, -0.1) is 0 Å². The van der Waals surface area contributed by atoms with E-state index in [2.05, 4.69) is 31.1 Å². The average molecular weight is 264 g/mol. The Morgan fingerprint density at radius 3 is 2.79 bits per heavy atom. The lowest BCUT2D eigenvalue weighted by Crippen LogP contribution is -2.16. The van der Waals surface area contributed by atoms with Crippen molar-refractivity contribution in [3.8, 4) is 5.75 Å². The van der Waals surface area contributed by atoms with Crippen molar-refractivity contribution in [1.82, 2.24) is 10.3 Å². The lowest BCUT2D eigenvalue weighted by molar-refractivity contribution is 0.248. The van der Waals surface area contributed by atoms with Crippen LogP contribution in [0.1, 0.15) is 51.3 Å². The number of hydrogen-bond donors (Lipinski definition) is 1. The summed E-state index contributed by atoms with van der Waals surface area (Å²) < 4.78 is 5.98. The van der Waals surface area contributed by atoms with Crippen LogP contribution in [0.4, 0.5) is 0 Å². The highest BCUT2D eigenvalue weighted by Gasteiger charge is 2.07. The first kappa shape index (κ1) is 16.0. The van der Waals surface area contributed by atoms with E-state index in [1.165, 1.54) is 12.8 Å². The minimum atomic E-state index is 0.606. The molecule has 0 saturated heterocycles. The summed E-state index contributed by atoms with van der Waals surface area (Å²) in [6.07, 6.45) is 5.50. The van der Waals surface area contributed by atoms with Crippen LogP contribution in [0.3, 0.4) is 0 Å². The molecule has 0 aliphatic heterocycles. The quantitative estimate of drug-likeness (QED) is 0.690. The van der Waals surface area contributed by atoms with Crippen molar-refractivity contribution >= 4 is 0 Å². The highest BCUT2D eigenvalue weighted by molar-refractivity contribution is 5.32. The number of ether oxygens (including phenoxy) is 1. The van der Waals surface area contributed by atoms with Gasteiger partial charge in [0.05, 0.1) is 6.61 Å². The second kappa shape index (κ2) is 8.92. The molecule has 0 radical (unpaired) electrons. The predicted octanol–water partition coefficient (Wildman–Crippen LogP) is 3.70. The molecule has 0 amide bonds. The average Bonchev–Trinajstić information content (AvgIpc) is 2.39. The second-order valence-electron chi connectivity index (χ2n) is 5.32. The van der Waals surface area contributed by atoms with E-state index < -0.39 is 0 Å². The Labute approximate surface area is 117 Å². The standard InChI is InChI=1S/C16H28N2O/c1-5-7-13(3)12-19-16-9-14(4)18-11-15(16)10-17-8-6-2/h9,11,13,17H,5-8,10,12H2,1-4H3. The zero-order valence-corrected chi connectivity index (χ0v) is 12.8. The van der Waals surface area contributed by atoms with Gasteiger partial charge in [-0.05, 0) is 32.2 Å². The number of pyridine rings is 1. The first-order chi connectivity index (χ1) is 9.17. The summed E-state index contributed by atoms with van der Waals surface area (Å²) in [6, 6.07) is 2.04. The van der Waals surface area contributed by atoms with Crippen molar-refractivity contribution < 1.29 is 4.74 Å². The molecule has 1 unspecified atom stereocenters. The van der Waals surface area contributed by atoms with E-state index in [0.29, 0.717) is 5.92 Å². The van der Waals surface area contributed by atoms with E-state index in [1.807, 2.05) is 19.2 Å². The molecule has 0 fully saturated rings. The fraction of sp³-hybridized carbons (Fsp3) is 0.688. The number of aryl methyl sites for hydroxylation is 1. The topological polar surface area (TPSA) is 34.2 Å². The van der Waals surface area contributed by atoms with Crippen LogP contribution < -0.4 is 10.1 Å². The van der Waals surface area contributed by atoms with Gasteiger partial charge in [0.25, 0.3) is 0 Å². The van der Waals surface area contributed by atoms with Crippen molar-refractivity contribution in [1.29, 1.82) is 0 Å². The zero-order chi connectivity index (χ0) is 14.1. The Morgan fingerprint density at radius 2 is 2.11 bits per heavy atom. The van der Waals surface area contributed by atoms with Gasteiger partial charge in [0, 0.05) is 30.1 Å². The molecule has 19 heavy (non-hydrogen) atoms. The van der Waals surface area contributed by atoms with Crippen LogP contribution in [0.5, 0.6) is 5.75 Å². The molecule has 0 bridgehead atoms. The van der Waals surface area contributed by atoms with Gasteiger partial charge in [0.15, 0.2) is 0 Å². The van der Waals surface area contributed by atoms with Crippen LogP contribution in [-0.4, -0.2) is 18.1 Å². The van der Waals surface area contributed by atoms with E-state index in [4.69, 9.17) is 4.74 Å². The highest BCUT2D eigenvalue weighted by atomic mass is 16.5. The largest absolute Gasteiger partial charge is 0.493 e. The van der Waals surface area contributed by atoms with Crippen LogP contribution >= 0.6 is 0 Å². The van der Waals surface area contributed by atoms with Gasteiger partial charge in [-0.25, -0.2) is 0 Å². The predicted molar refractivity (Wildman–Crippen MR) is 80.5 cm³/mol. The summed E-state index contributed by atoms with van der Waals surface area (Å²) in [5.41, 5.74) is 2.17. The summed E-state index contributed by atoms with van der Waals surface area (Å²) in [6.45, 7) is 11.3. The lowest BCUT2D eigenvalue weighted by atomic mass is 10.1. The molecule has 0 aromatic carbocycles. The summed E-state index contributed by atoms with van der Waals surface area (Å²) in [5, 5.41) is 3.40. The van der Waals surface area contributed by atoms with Crippen molar-refractivity contribution in [2.45, 2.75) is 53.5 Å². The maximum atomic E-state index is 5.98. The second-order valence-corrected chi connectivity index (χ2v) is 5.32. The number of nitrogens with zero attached hydrogens (tertiary/aromatic N) is 1. The van der Waals surface area contributed by atoms with Crippen LogP contribution in [-0.2, 0) is 6.54 Å². The summed E-state index contributed by atoms with van der Waals surface area (Å²) >= 11 is 0. The zero-order valence-electron chi connectivity index (χ0n) is 12.8. The molecule has 1 rings (SSSR count). The van der Waals surface area contributed by atoms with Gasteiger partial charge in [-0.1, -0.05) is 27.2 Å². The van der Waals surface area contributed by atoms with Crippen LogP contribution in [0.15, 0.2) is 12.3 Å². The monoisotopic (exact) mass is 264 g/mol. The summed E-state index contributed by atoms with van der Waals surface area (Å²) in [7, 11) is 0. The fourth-order valence-corrected chi connectivity index (χ4v) is 2.04. The normalized spacial score (nSPS) is 12.4. The molecule has 1 atom stereocenters. The SMILES string of the molecule is CCCNCc1cnc(C)cc1OCC(C)CCC. The molecular formula is C16H28N2O. The molecule has 1 N–H and O–H groups in total.